The average molecular weight is 276 g/mol. The average Bonchev–Trinajstić information content (AvgIpc) is 2.26. The summed E-state index contributed by atoms with van der Waals surface area (Å²) < 4.78 is 24.9. The summed E-state index contributed by atoms with van der Waals surface area (Å²) in [6.45, 7) is 7.75. The molecule has 2 N–H and O–H groups in total. The summed E-state index contributed by atoms with van der Waals surface area (Å²) in [7, 11) is -1.58. The molecule has 0 aromatic heterocycles. The molecule has 18 heavy (non-hydrogen) atoms. The van der Waals surface area contributed by atoms with Crippen LogP contribution in [0.2, 0.25) is 0 Å². The van der Waals surface area contributed by atoms with Gasteiger partial charge < -0.3 is 5.32 Å². The molecule has 108 valence electrons. The molecule has 1 aliphatic rings. The number of sulfonamides is 1. The van der Waals surface area contributed by atoms with Gasteiger partial charge in [0.2, 0.25) is 10.0 Å². The van der Waals surface area contributed by atoms with Crippen LogP contribution in [0.25, 0.3) is 0 Å². The quantitative estimate of drug-likeness (QED) is 0.726. The Morgan fingerprint density at radius 3 is 2.56 bits per heavy atom. The predicted molar refractivity (Wildman–Crippen MR) is 76.1 cm³/mol. The number of nitrogens with one attached hydrogen (secondary N) is 2. The van der Waals surface area contributed by atoms with E-state index < -0.39 is 10.0 Å². The molecule has 1 aliphatic carbocycles. The monoisotopic (exact) mass is 276 g/mol. The zero-order valence-electron chi connectivity index (χ0n) is 12.1. The van der Waals surface area contributed by atoms with E-state index in [1.54, 1.807) is 0 Å². The lowest BCUT2D eigenvalue weighted by Crippen LogP contribution is -2.42. The smallest absolute Gasteiger partial charge is 0.211 e. The molecule has 0 aromatic rings. The van der Waals surface area contributed by atoms with Crippen molar-refractivity contribution in [2.45, 2.75) is 52.5 Å². The molecule has 2 atom stereocenters. The first-order valence-electron chi connectivity index (χ1n) is 6.90. The van der Waals surface area contributed by atoms with Crippen molar-refractivity contribution >= 4 is 10.0 Å². The lowest BCUT2D eigenvalue weighted by atomic mass is 9.70. The van der Waals surface area contributed by atoms with E-state index in [0.29, 0.717) is 23.8 Å². The van der Waals surface area contributed by atoms with Crippen molar-refractivity contribution in [3.63, 3.8) is 0 Å². The highest BCUT2D eigenvalue weighted by atomic mass is 32.2. The third kappa shape index (κ3) is 5.24. The van der Waals surface area contributed by atoms with Gasteiger partial charge in [0.1, 0.15) is 0 Å². The molecule has 0 aromatic carbocycles. The number of hydrogen-bond acceptors (Lipinski definition) is 3. The van der Waals surface area contributed by atoms with Crippen LogP contribution in [0.1, 0.15) is 46.5 Å². The van der Waals surface area contributed by atoms with Crippen molar-refractivity contribution in [3.05, 3.63) is 0 Å². The summed E-state index contributed by atoms with van der Waals surface area (Å²) in [6.07, 6.45) is 4.38. The largest absolute Gasteiger partial charge is 0.314 e. The molecule has 4 nitrogen and oxygen atoms in total. The fourth-order valence-corrected chi connectivity index (χ4v) is 3.63. The second-order valence-electron chi connectivity index (χ2n) is 6.32. The third-order valence-electron chi connectivity index (χ3n) is 4.00. The SMILES string of the molecule is CNS(=O)(=O)CCCN[C@H]1CCC(C)(C)C[C@@H]1C. The van der Waals surface area contributed by atoms with Crippen LogP contribution in [0, 0.1) is 11.3 Å². The fourth-order valence-electron chi connectivity index (χ4n) is 2.90. The molecule has 0 radical (unpaired) electrons. The van der Waals surface area contributed by atoms with Gasteiger partial charge in [0.15, 0.2) is 0 Å². The minimum absolute atomic E-state index is 0.211. The Kier molecular flexibility index (Phi) is 5.62. The first-order valence-corrected chi connectivity index (χ1v) is 8.55. The van der Waals surface area contributed by atoms with Crippen LogP contribution in [0.5, 0.6) is 0 Å². The van der Waals surface area contributed by atoms with Crippen LogP contribution in [-0.4, -0.2) is 33.8 Å². The Hall–Kier alpha value is -0.130. The summed E-state index contributed by atoms with van der Waals surface area (Å²) in [6, 6.07) is 0.551. The van der Waals surface area contributed by atoms with Crippen molar-refractivity contribution in [1.29, 1.82) is 0 Å². The molecule has 0 aliphatic heterocycles. The topological polar surface area (TPSA) is 58.2 Å². The Bertz CT molecular complexity index is 352. The van der Waals surface area contributed by atoms with Gasteiger partial charge in [0.25, 0.3) is 0 Å². The lowest BCUT2D eigenvalue weighted by Gasteiger charge is -2.39. The highest BCUT2D eigenvalue weighted by Gasteiger charge is 2.31. The maximum atomic E-state index is 11.3. The van der Waals surface area contributed by atoms with E-state index >= 15 is 0 Å². The van der Waals surface area contributed by atoms with Gasteiger partial charge in [-0.15, -0.1) is 0 Å². The third-order valence-corrected chi connectivity index (χ3v) is 5.45. The molecule has 1 saturated carbocycles. The standard InChI is InChI=1S/C13H28N2O2S/c1-11-10-13(2,3)7-6-12(11)15-8-5-9-18(16,17)14-4/h11-12,14-15H,5-10H2,1-4H3/t11-,12-/m0/s1. The van der Waals surface area contributed by atoms with E-state index in [0.717, 1.165) is 6.54 Å². The van der Waals surface area contributed by atoms with E-state index in [4.69, 9.17) is 0 Å². The van der Waals surface area contributed by atoms with Crippen molar-refractivity contribution in [2.24, 2.45) is 11.3 Å². The second kappa shape index (κ2) is 6.35. The van der Waals surface area contributed by atoms with Crippen LogP contribution in [0.3, 0.4) is 0 Å². The van der Waals surface area contributed by atoms with Crippen LogP contribution in [0.15, 0.2) is 0 Å². The van der Waals surface area contributed by atoms with Gasteiger partial charge in [-0.05, 0) is 50.6 Å². The Morgan fingerprint density at radius 2 is 2.00 bits per heavy atom. The molecule has 0 heterocycles. The van der Waals surface area contributed by atoms with E-state index in [1.807, 2.05) is 0 Å². The molecule has 0 spiro atoms. The maximum absolute atomic E-state index is 11.3. The summed E-state index contributed by atoms with van der Waals surface area (Å²) in [4.78, 5) is 0. The van der Waals surface area contributed by atoms with Crippen molar-refractivity contribution < 1.29 is 8.42 Å². The van der Waals surface area contributed by atoms with Crippen LogP contribution >= 0.6 is 0 Å². The van der Waals surface area contributed by atoms with Crippen molar-refractivity contribution in [1.82, 2.24) is 10.0 Å². The maximum Gasteiger partial charge on any atom is 0.211 e. The molecule has 1 fully saturated rings. The summed E-state index contributed by atoms with van der Waals surface area (Å²) in [5.41, 5.74) is 0.465. The van der Waals surface area contributed by atoms with Gasteiger partial charge >= 0.3 is 0 Å². The molecule has 0 bridgehead atoms. The molecule has 0 saturated heterocycles. The predicted octanol–water partition coefficient (Wildman–Crippen LogP) is 1.73. The molecular formula is C13H28N2O2S. The highest BCUT2D eigenvalue weighted by Crippen LogP contribution is 2.38. The van der Waals surface area contributed by atoms with Crippen LogP contribution in [-0.2, 0) is 10.0 Å². The molecule has 1 rings (SSSR count). The normalized spacial score (nSPS) is 28.2. The Morgan fingerprint density at radius 1 is 1.33 bits per heavy atom. The summed E-state index contributed by atoms with van der Waals surface area (Å²) in [5.74, 6) is 0.887. The zero-order chi connectivity index (χ0) is 13.8. The minimum Gasteiger partial charge on any atom is -0.314 e. The lowest BCUT2D eigenvalue weighted by molar-refractivity contribution is 0.149. The first-order chi connectivity index (χ1) is 8.26. The fraction of sp³-hybridized carbons (Fsp3) is 1.00. The minimum atomic E-state index is -3.04. The second-order valence-corrected chi connectivity index (χ2v) is 8.37. The van der Waals surface area contributed by atoms with Crippen LogP contribution < -0.4 is 10.0 Å². The van der Waals surface area contributed by atoms with Gasteiger partial charge in [0.05, 0.1) is 5.75 Å². The van der Waals surface area contributed by atoms with Gasteiger partial charge in [0, 0.05) is 6.04 Å². The van der Waals surface area contributed by atoms with E-state index in [1.165, 1.54) is 26.3 Å². The van der Waals surface area contributed by atoms with E-state index in [-0.39, 0.29) is 5.75 Å². The summed E-state index contributed by atoms with van der Waals surface area (Å²) in [5, 5.41) is 3.51. The van der Waals surface area contributed by atoms with Gasteiger partial charge in [-0.2, -0.15) is 0 Å². The zero-order valence-corrected chi connectivity index (χ0v) is 12.9. The van der Waals surface area contributed by atoms with Crippen molar-refractivity contribution in [3.8, 4) is 0 Å². The number of rotatable bonds is 6. The molecule has 0 amide bonds. The molecular weight excluding hydrogens is 248 g/mol. The van der Waals surface area contributed by atoms with Crippen LogP contribution in [0.4, 0.5) is 0 Å². The van der Waals surface area contributed by atoms with E-state index in [9.17, 15) is 8.42 Å². The van der Waals surface area contributed by atoms with Crippen molar-refractivity contribution in [2.75, 3.05) is 19.3 Å². The van der Waals surface area contributed by atoms with Gasteiger partial charge in [-0.25, -0.2) is 13.1 Å². The van der Waals surface area contributed by atoms with E-state index in [2.05, 4.69) is 30.8 Å². The molecule has 0 unspecified atom stereocenters. The summed E-state index contributed by atoms with van der Waals surface area (Å²) >= 11 is 0. The number of hydrogen-bond donors (Lipinski definition) is 2. The highest BCUT2D eigenvalue weighted by molar-refractivity contribution is 7.89. The Balaban J connectivity index is 2.25. The first kappa shape index (κ1) is 15.9. The van der Waals surface area contributed by atoms with Gasteiger partial charge in [-0.1, -0.05) is 20.8 Å². The molecule has 5 heteroatoms. The Labute approximate surface area is 112 Å². The van der Waals surface area contributed by atoms with Gasteiger partial charge in [-0.3, -0.25) is 0 Å².